The van der Waals surface area contributed by atoms with Crippen LogP contribution in [0.25, 0.3) is 0 Å². The maximum Gasteiger partial charge on any atom is 0.240 e. The number of hydrogen-bond acceptors (Lipinski definition) is 3. The number of likely N-dealkylation sites (tertiary alicyclic amines) is 1. The highest BCUT2D eigenvalue weighted by Crippen LogP contribution is 2.49. The lowest BCUT2D eigenvalue weighted by Crippen LogP contribution is -2.72. The summed E-state index contributed by atoms with van der Waals surface area (Å²) in [4.78, 5) is 17.4. The lowest BCUT2D eigenvalue weighted by Gasteiger charge is -2.57. The topological polar surface area (TPSA) is 35.6 Å². The number of nitrogens with one attached hydrogen (secondary N) is 1. The van der Waals surface area contributed by atoms with Crippen LogP contribution in [0, 0.1) is 5.41 Å². The quantitative estimate of drug-likeness (QED) is 0.732. The van der Waals surface area contributed by atoms with Gasteiger partial charge in [-0.15, -0.1) is 0 Å². The maximum absolute atomic E-state index is 12.8. The van der Waals surface area contributed by atoms with Crippen molar-refractivity contribution in [2.75, 3.05) is 26.7 Å². The van der Waals surface area contributed by atoms with Crippen LogP contribution in [0.15, 0.2) is 0 Å². The second kappa shape index (κ2) is 3.70. The zero-order chi connectivity index (χ0) is 12.3. The molecule has 4 aliphatic rings. The molecule has 1 amide bonds. The standard InChI is InChI=1S/C14H23N3O/c1-16-7-10-3-4-11(8-16)17(10)13(18)12-14(9-15-12)5-2-6-14/h10-12,15H,2-9H2,1H3. The fourth-order valence-electron chi connectivity index (χ4n) is 4.56. The molecule has 4 heteroatoms. The molecule has 4 nitrogen and oxygen atoms in total. The van der Waals surface area contributed by atoms with Crippen LogP contribution >= 0.6 is 0 Å². The first kappa shape index (κ1) is 11.2. The van der Waals surface area contributed by atoms with E-state index in [-0.39, 0.29) is 6.04 Å². The van der Waals surface area contributed by atoms with Gasteiger partial charge < -0.3 is 15.1 Å². The first-order valence-corrected chi connectivity index (χ1v) is 7.44. The number of carbonyl (C=O) groups is 1. The molecule has 1 aliphatic carbocycles. The van der Waals surface area contributed by atoms with Crippen LogP contribution in [0.1, 0.15) is 32.1 Å². The molecule has 3 saturated heterocycles. The highest BCUT2D eigenvalue weighted by atomic mass is 16.2. The SMILES string of the molecule is CN1CC2CCC(C1)N2C(=O)C1NCC12CCC2. The fraction of sp³-hybridized carbons (Fsp3) is 0.929. The number of amides is 1. The van der Waals surface area contributed by atoms with Crippen LogP contribution in [0.4, 0.5) is 0 Å². The molecular weight excluding hydrogens is 226 g/mol. The average molecular weight is 249 g/mol. The van der Waals surface area contributed by atoms with Gasteiger partial charge in [0, 0.05) is 37.1 Å². The first-order chi connectivity index (χ1) is 8.70. The predicted molar refractivity (Wildman–Crippen MR) is 69.2 cm³/mol. The number of nitrogens with zero attached hydrogens (tertiary/aromatic N) is 2. The Bertz CT molecular complexity index is 360. The van der Waals surface area contributed by atoms with E-state index in [2.05, 4.69) is 22.2 Å². The summed E-state index contributed by atoms with van der Waals surface area (Å²) in [5.74, 6) is 0.418. The molecule has 0 aromatic carbocycles. The molecule has 1 N–H and O–H groups in total. The van der Waals surface area contributed by atoms with E-state index >= 15 is 0 Å². The number of fused-ring (bicyclic) bond motifs is 2. The van der Waals surface area contributed by atoms with Crippen molar-refractivity contribution in [3.63, 3.8) is 0 Å². The van der Waals surface area contributed by atoms with Gasteiger partial charge in [0.15, 0.2) is 0 Å². The average Bonchev–Trinajstić information content (AvgIpc) is 2.47. The molecule has 1 saturated carbocycles. The molecular formula is C14H23N3O. The second-order valence-corrected chi connectivity index (χ2v) is 6.88. The number of hydrogen-bond donors (Lipinski definition) is 1. The van der Waals surface area contributed by atoms with E-state index in [0.717, 1.165) is 19.6 Å². The Morgan fingerprint density at radius 2 is 1.89 bits per heavy atom. The van der Waals surface area contributed by atoms with Crippen molar-refractivity contribution in [1.29, 1.82) is 0 Å². The molecule has 18 heavy (non-hydrogen) atoms. The van der Waals surface area contributed by atoms with Crippen molar-refractivity contribution in [3.8, 4) is 0 Å². The predicted octanol–water partition coefficient (Wildman–Crippen LogP) is 0.433. The van der Waals surface area contributed by atoms with E-state index in [1.165, 1.54) is 32.1 Å². The third kappa shape index (κ3) is 1.36. The summed E-state index contributed by atoms with van der Waals surface area (Å²) in [5, 5.41) is 3.41. The summed E-state index contributed by atoms with van der Waals surface area (Å²) in [7, 11) is 2.18. The van der Waals surface area contributed by atoms with Crippen LogP contribution in [0.5, 0.6) is 0 Å². The smallest absolute Gasteiger partial charge is 0.240 e. The van der Waals surface area contributed by atoms with Gasteiger partial charge in [-0.1, -0.05) is 6.42 Å². The summed E-state index contributed by atoms with van der Waals surface area (Å²) < 4.78 is 0. The van der Waals surface area contributed by atoms with Gasteiger partial charge in [-0.25, -0.2) is 0 Å². The number of rotatable bonds is 1. The Balaban J connectivity index is 1.52. The van der Waals surface area contributed by atoms with Gasteiger partial charge in [-0.05, 0) is 32.7 Å². The molecule has 0 radical (unpaired) electrons. The van der Waals surface area contributed by atoms with E-state index in [1.54, 1.807) is 0 Å². The maximum atomic E-state index is 12.8. The molecule has 100 valence electrons. The third-order valence-corrected chi connectivity index (χ3v) is 5.79. The van der Waals surface area contributed by atoms with Crippen LogP contribution in [-0.4, -0.2) is 60.5 Å². The van der Waals surface area contributed by atoms with Crippen molar-refractivity contribution in [3.05, 3.63) is 0 Å². The zero-order valence-corrected chi connectivity index (χ0v) is 11.2. The molecule has 3 atom stereocenters. The van der Waals surface area contributed by atoms with Gasteiger partial charge in [0.25, 0.3) is 0 Å². The monoisotopic (exact) mass is 249 g/mol. The molecule has 3 aliphatic heterocycles. The van der Waals surface area contributed by atoms with Gasteiger partial charge in [0.05, 0.1) is 6.04 Å². The first-order valence-electron chi connectivity index (χ1n) is 7.44. The van der Waals surface area contributed by atoms with Crippen molar-refractivity contribution in [2.45, 2.75) is 50.2 Å². The van der Waals surface area contributed by atoms with Crippen LogP contribution < -0.4 is 5.32 Å². The molecule has 4 rings (SSSR count). The van der Waals surface area contributed by atoms with E-state index in [4.69, 9.17) is 0 Å². The van der Waals surface area contributed by atoms with Gasteiger partial charge in [0.2, 0.25) is 5.91 Å². The molecule has 0 aromatic heterocycles. The third-order valence-electron chi connectivity index (χ3n) is 5.79. The van der Waals surface area contributed by atoms with Gasteiger partial charge in [0.1, 0.15) is 0 Å². The van der Waals surface area contributed by atoms with E-state index in [0.29, 0.717) is 23.4 Å². The minimum atomic E-state index is 0.151. The van der Waals surface area contributed by atoms with Crippen LogP contribution in [0.2, 0.25) is 0 Å². The van der Waals surface area contributed by atoms with Crippen LogP contribution in [-0.2, 0) is 4.79 Å². The van der Waals surface area contributed by atoms with Crippen LogP contribution in [0.3, 0.4) is 0 Å². The van der Waals surface area contributed by atoms with Crippen molar-refractivity contribution in [1.82, 2.24) is 15.1 Å². The summed E-state index contributed by atoms with van der Waals surface area (Å²) in [6.07, 6.45) is 6.26. The zero-order valence-electron chi connectivity index (χ0n) is 11.2. The van der Waals surface area contributed by atoms with Gasteiger partial charge in [-0.2, -0.15) is 0 Å². The van der Waals surface area contributed by atoms with Crippen molar-refractivity contribution in [2.24, 2.45) is 5.41 Å². The fourth-order valence-corrected chi connectivity index (χ4v) is 4.56. The van der Waals surface area contributed by atoms with Gasteiger partial charge in [-0.3, -0.25) is 4.79 Å². The highest BCUT2D eigenvalue weighted by molar-refractivity contribution is 5.85. The molecule has 1 spiro atoms. The second-order valence-electron chi connectivity index (χ2n) is 6.88. The summed E-state index contributed by atoms with van der Waals surface area (Å²) in [6.45, 7) is 3.22. The minimum absolute atomic E-state index is 0.151. The van der Waals surface area contributed by atoms with E-state index in [9.17, 15) is 4.79 Å². The molecule has 3 unspecified atom stereocenters. The lowest BCUT2D eigenvalue weighted by atomic mass is 9.59. The molecule has 2 bridgehead atoms. The Hall–Kier alpha value is -0.610. The highest BCUT2D eigenvalue weighted by Gasteiger charge is 2.56. The number of likely N-dealkylation sites (N-methyl/N-ethyl adjacent to an activating group) is 1. The largest absolute Gasteiger partial charge is 0.333 e. The summed E-state index contributed by atoms with van der Waals surface area (Å²) >= 11 is 0. The summed E-state index contributed by atoms with van der Waals surface area (Å²) in [5.41, 5.74) is 0.361. The summed E-state index contributed by atoms with van der Waals surface area (Å²) in [6, 6.07) is 1.12. The van der Waals surface area contributed by atoms with E-state index in [1.807, 2.05) is 0 Å². The lowest BCUT2D eigenvalue weighted by molar-refractivity contribution is -0.151. The number of carbonyl (C=O) groups excluding carboxylic acids is 1. The van der Waals surface area contributed by atoms with E-state index < -0.39 is 0 Å². The Labute approximate surface area is 109 Å². The Morgan fingerprint density at radius 1 is 1.22 bits per heavy atom. The molecule has 4 fully saturated rings. The van der Waals surface area contributed by atoms with Gasteiger partial charge >= 0.3 is 0 Å². The minimum Gasteiger partial charge on any atom is -0.333 e. The van der Waals surface area contributed by atoms with Crippen molar-refractivity contribution >= 4 is 5.91 Å². The normalized spacial score (nSPS) is 41.6. The number of piperazine rings is 1. The molecule has 3 heterocycles. The Morgan fingerprint density at radius 3 is 2.33 bits per heavy atom. The molecule has 0 aromatic rings. The Kier molecular flexibility index (Phi) is 2.31. The van der Waals surface area contributed by atoms with Crippen molar-refractivity contribution < 1.29 is 4.79 Å².